The number of hydrogen-bond donors (Lipinski definition) is 1. The number of amides is 1. The number of hydrogen-bond acceptors (Lipinski definition) is 3. The van der Waals surface area contributed by atoms with Crippen molar-refractivity contribution >= 4 is 11.6 Å². The monoisotopic (exact) mass is 366 g/mol. The second-order valence-corrected chi connectivity index (χ2v) is 7.32. The van der Waals surface area contributed by atoms with Gasteiger partial charge in [0.15, 0.2) is 0 Å². The number of para-hydroxylation sites is 1. The van der Waals surface area contributed by atoms with Crippen LogP contribution in [0, 0.1) is 0 Å². The molecule has 144 valence electrons. The fourth-order valence-corrected chi connectivity index (χ4v) is 4.00. The number of carbonyl (C=O) groups is 1. The van der Waals surface area contributed by atoms with Crippen LogP contribution in [-0.2, 0) is 4.79 Å². The van der Waals surface area contributed by atoms with Gasteiger partial charge in [-0.2, -0.15) is 0 Å². The van der Waals surface area contributed by atoms with Crippen molar-refractivity contribution in [1.82, 2.24) is 4.90 Å². The summed E-state index contributed by atoms with van der Waals surface area (Å²) in [4.78, 5) is 16.9. The highest BCUT2D eigenvalue weighted by atomic mass is 16.3. The maximum Gasteiger partial charge on any atom is 0.226 e. The standard InChI is InChI=1S/C23H30N2O2/c1-3-22(26)25(20-12-8-5-9-13-20)21-14-16-24(17-15-21)18(2)23(27)19-10-6-4-7-11-19/h4-13,18,21,23,27H,3,14-17H2,1-2H3. The van der Waals surface area contributed by atoms with Gasteiger partial charge >= 0.3 is 0 Å². The van der Waals surface area contributed by atoms with Gasteiger partial charge in [0.05, 0.1) is 6.10 Å². The number of carbonyl (C=O) groups excluding carboxylic acids is 1. The second kappa shape index (κ2) is 9.16. The van der Waals surface area contributed by atoms with E-state index in [0.717, 1.165) is 37.2 Å². The molecule has 27 heavy (non-hydrogen) atoms. The summed E-state index contributed by atoms with van der Waals surface area (Å²) >= 11 is 0. The molecule has 1 amide bonds. The first-order valence-corrected chi connectivity index (χ1v) is 9.96. The Morgan fingerprint density at radius 2 is 1.63 bits per heavy atom. The molecule has 3 rings (SSSR count). The van der Waals surface area contributed by atoms with E-state index in [2.05, 4.69) is 11.8 Å². The molecule has 2 unspecified atom stereocenters. The molecular formula is C23H30N2O2. The van der Waals surface area contributed by atoms with Crippen LogP contribution < -0.4 is 4.90 Å². The van der Waals surface area contributed by atoms with Crippen molar-refractivity contribution in [3.8, 4) is 0 Å². The van der Waals surface area contributed by atoms with Crippen LogP contribution in [0.4, 0.5) is 5.69 Å². The van der Waals surface area contributed by atoms with Gasteiger partial charge in [0, 0.05) is 37.3 Å². The Morgan fingerprint density at radius 3 is 2.19 bits per heavy atom. The molecular weight excluding hydrogens is 336 g/mol. The smallest absolute Gasteiger partial charge is 0.226 e. The zero-order valence-corrected chi connectivity index (χ0v) is 16.3. The number of aliphatic hydroxyl groups is 1. The Bertz CT molecular complexity index is 712. The van der Waals surface area contributed by atoms with Gasteiger partial charge in [-0.15, -0.1) is 0 Å². The van der Waals surface area contributed by atoms with Gasteiger partial charge in [0.1, 0.15) is 0 Å². The van der Waals surface area contributed by atoms with Crippen LogP contribution in [0.25, 0.3) is 0 Å². The summed E-state index contributed by atoms with van der Waals surface area (Å²) in [5.74, 6) is 0.178. The number of piperidine rings is 1. The molecule has 1 fully saturated rings. The van der Waals surface area contributed by atoms with Crippen molar-refractivity contribution in [2.45, 2.75) is 51.3 Å². The van der Waals surface area contributed by atoms with Crippen LogP contribution in [0.15, 0.2) is 60.7 Å². The summed E-state index contributed by atoms with van der Waals surface area (Å²) in [6.07, 6.45) is 1.86. The highest BCUT2D eigenvalue weighted by molar-refractivity contribution is 5.93. The zero-order valence-electron chi connectivity index (χ0n) is 16.3. The minimum Gasteiger partial charge on any atom is -0.387 e. The largest absolute Gasteiger partial charge is 0.387 e. The highest BCUT2D eigenvalue weighted by Gasteiger charge is 2.31. The van der Waals surface area contributed by atoms with E-state index in [1.807, 2.05) is 72.5 Å². The summed E-state index contributed by atoms with van der Waals surface area (Å²) in [5.41, 5.74) is 1.94. The van der Waals surface area contributed by atoms with E-state index in [0.29, 0.717) is 6.42 Å². The van der Waals surface area contributed by atoms with Crippen molar-refractivity contribution in [1.29, 1.82) is 0 Å². The molecule has 1 aliphatic rings. The molecule has 0 saturated carbocycles. The van der Waals surface area contributed by atoms with Crippen LogP contribution in [0.2, 0.25) is 0 Å². The van der Waals surface area contributed by atoms with Crippen molar-refractivity contribution in [3.63, 3.8) is 0 Å². The van der Waals surface area contributed by atoms with E-state index in [1.165, 1.54) is 0 Å². The highest BCUT2D eigenvalue weighted by Crippen LogP contribution is 2.28. The summed E-state index contributed by atoms with van der Waals surface area (Å²) in [6, 6.07) is 20.1. The van der Waals surface area contributed by atoms with E-state index in [9.17, 15) is 9.90 Å². The third-order valence-corrected chi connectivity index (χ3v) is 5.64. The minimum absolute atomic E-state index is 0.0559. The maximum atomic E-state index is 12.6. The second-order valence-electron chi connectivity index (χ2n) is 7.32. The molecule has 0 bridgehead atoms. The maximum absolute atomic E-state index is 12.6. The first kappa shape index (κ1) is 19.6. The van der Waals surface area contributed by atoms with Crippen molar-refractivity contribution in [2.75, 3.05) is 18.0 Å². The van der Waals surface area contributed by atoms with E-state index in [-0.39, 0.29) is 18.0 Å². The molecule has 2 atom stereocenters. The lowest BCUT2D eigenvalue weighted by Gasteiger charge is -2.41. The zero-order chi connectivity index (χ0) is 19.2. The fourth-order valence-electron chi connectivity index (χ4n) is 4.00. The van der Waals surface area contributed by atoms with Gasteiger partial charge in [-0.25, -0.2) is 0 Å². The number of likely N-dealkylation sites (tertiary alicyclic amines) is 1. The number of anilines is 1. The lowest BCUT2D eigenvalue weighted by Crippen LogP contribution is -2.50. The molecule has 1 aliphatic heterocycles. The third-order valence-electron chi connectivity index (χ3n) is 5.64. The Labute approximate surface area is 162 Å². The Kier molecular flexibility index (Phi) is 6.64. The molecule has 0 spiro atoms. The van der Waals surface area contributed by atoms with E-state index in [4.69, 9.17) is 0 Å². The molecule has 1 heterocycles. The summed E-state index contributed by atoms with van der Waals surface area (Å²) < 4.78 is 0. The van der Waals surface area contributed by atoms with Gasteiger partial charge in [-0.05, 0) is 37.5 Å². The van der Waals surface area contributed by atoms with E-state index < -0.39 is 6.10 Å². The molecule has 1 saturated heterocycles. The van der Waals surface area contributed by atoms with Crippen LogP contribution in [0.1, 0.15) is 44.8 Å². The average Bonchev–Trinajstić information content (AvgIpc) is 2.74. The van der Waals surface area contributed by atoms with Gasteiger partial charge in [-0.1, -0.05) is 55.5 Å². The van der Waals surface area contributed by atoms with Crippen LogP contribution in [0.5, 0.6) is 0 Å². The molecule has 0 radical (unpaired) electrons. The Morgan fingerprint density at radius 1 is 1.07 bits per heavy atom. The predicted molar refractivity (Wildman–Crippen MR) is 110 cm³/mol. The van der Waals surface area contributed by atoms with E-state index in [1.54, 1.807) is 0 Å². The molecule has 1 N–H and O–H groups in total. The van der Waals surface area contributed by atoms with Crippen molar-refractivity contribution in [2.24, 2.45) is 0 Å². The van der Waals surface area contributed by atoms with Gasteiger partial charge < -0.3 is 10.0 Å². The van der Waals surface area contributed by atoms with Gasteiger partial charge in [0.2, 0.25) is 5.91 Å². The normalized spacial score (nSPS) is 18.0. The summed E-state index contributed by atoms with van der Waals surface area (Å²) in [5, 5.41) is 10.7. The minimum atomic E-state index is -0.495. The molecule has 4 heteroatoms. The Hall–Kier alpha value is -2.17. The van der Waals surface area contributed by atoms with Crippen LogP contribution >= 0.6 is 0 Å². The molecule has 2 aromatic carbocycles. The molecule has 4 nitrogen and oxygen atoms in total. The van der Waals surface area contributed by atoms with Crippen molar-refractivity contribution < 1.29 is 9.90 Å². The quantitative estimate of drug-likeness (QED) is 0.840. The summed E-state index contributed by atoms with van der Waals surface area (Å²) in [7, 11) is 0. The first-order chi connectivity index (χ1) is 13.1. The van der Waals surface area contributed by atoms with Crippen LogP contribution in [-0.4, -0.2) is 41.1 Å². The SMILES string of the molecule is CCC(=O)N(c1ccccc1)C1CCN(C(C)C(O)c2ccccc2)CC1. The lowest BCUT2D eigenvalue weighted by atomic mass is 9.97. The lowest BCUT2D eigenvalue weighted by molar-refractivity contribution is -0.119. The number of rotatable bonds is 6. The van der Waals surface area contributed by atoms with Crippen LogP contribution in [0.3, 0.4) is 0 Å². The first-order valence-electron chi connectivity index (χ1n) is 9.96. The Balaban J connectivity index is 1.65. The fraction of sp³-hybridized carbons (Fsp3) is 0.435. The van der Waals surface area contributed by atoms with Gasteiger partial charge in [0.25, 0.3) is 0 Å². The predicted octanol–water partition coefficient (Wildman–Crippen LogP) is 4.02. The number of nitrogens with zero attached hydrogens (tertiary/aromatic N) is 2. The number of benzene rings is 2. The molecule has 0 aromatic heterocycles. The summed E-state index contributed by atoms with van der Waals surface area (Å²) in [6.45, 7) is 5.78. The molecule has 0 aliphatic carbocycles. The number of aliphatic hydroxyl groups excluding tert-OH is 1. The van der Waals surface area contributed by atoms with Gasteiger partial charge in [-0.3, -0.25) is 9.69 Å². The van der Waals surface area contributed by atoms with Crippen molar-refractivity contribution in [3.05, 3.63) is 66.2 Å². The third kappa shape index (κ3) is 4.57. The molecule has 2 aromatic rings. The topological polar surface area (TPSA) is 43.8 Å². The average molecular weight is 367 g/mol. The van der Waals surface area contributed by atoms with E-state index >= 15 is 0 Å².